The van der Waals surface area contributed by atoms with Crippen molar-refractivity contribution in [1.29, 1.82) is 5.41 Å². The Balaban J connectivity index is 0.000000828. The first-order valence-corrected chi connectivity index (χ1v) is 7.81. The third kappa shape index (κ3) is 5.93. The Morgan fingerprint density at radius 3 is 2.00 bits per heavy atom. The van der Waals surface area contributed by atoms with Gasteiger partial charge in [-0.3, -0.25) is 5.41 Å². The molecule has 7 nitrogen and oxygen atoms in total. The number of hydrogen-bond donors (Lipinski definition) is 7. The molecule has 0 fully saturated rings. The predicted molar refractivity (Wildman–Crippen MR) is 99.4 cm³/mol. The topological polar surface area (TPSA) is 160 Å². The number of alkyl halides is 3. The van der Waals surface area contributed by atoms with Crippen molar-refractivity contribution in [2.24, 2.45) is 22.9 Å². The number of aliphatic hydroxyl groups is 1. The fourth-order valence-electron chi connectivity index (χ4n) is 1.98. The molecule has 148 valence electrons. The van der Waals surface area contributed by atoms with Crippen LogP contribution in [0.3, 0.4) is 0 Å². The SMILES string of the molecule is N=C(N)c1ccccc1Nc1ccc(C(N)(N)C(F)(F)F)cc1.NCCO. The number of halogens is 3. The summed E-state index contributed by atoms with van der Waals surface area (Å²) in [5.74, 6) is -0.121. The zero-order valence-electron chi connectivity index (χ0n) is 14.4. The highest BCUT2D eigenvalue weighted by Crippen LogP contribution is 2.33. The van der Waals surface area contributed by atoms with Crippen LogP contribution >= 0.6 is 0 Å². The van der Waals surface area contributed by atoms with Crippen LogP contribution in [0.25, 0.3) is 0 Å². The number of anilines is 2. The van der Waals surface area contributed by atoms with Gasteiger partial charge >= 0.3 is 6.18 Å². The minimum Gasteiger partial charge on any atom is -0.395 e. The van der Waals surface area contributed by atoms with E-state index < -0.39 is 11.8 Å². The highest BCUT2D eigenvalue weighted by atomic mass is 19.4. The molecule has 0 saturated heterocycles. The van der Waals surface area contributed by atoms with Gasteiger partial charge in [0.2, 0.25) is 0 Å². The van der Waals surface area contributed by atoms with E-state index in [1.807, 2.05) is 0 Å². The van der Waals surface area contributed by atoms with Gasteiger partial charge in [0.1, 0.15) is 5.84 Å². The van der Waals surface area contributed by atoms with E-state index in [0.29, 0.717) is 23.5 Å². The van der Waals surface area contributed by atoms with E-state index in [9.17, 15) is 13.2 Å². The molecular weight excluding hydrogens is 361 g/mol. The lowest BCUT2D eigenvalue weighted by atomic mass is 10.0. The molecule has 0 bridgehead atoms. The van der Waals surface area contributed by atoms with Crippen molar-refractivity contribution in [2.45, 2.75) is 11.8 Å². The third-order valence-corrected chi connectivity index (χ3v) is 3.46. The van der Waals surface area contributed by atoms with E-state index in [1.54, 1.807) is 24.3 Å². The van der Waals surface area contributed by atoms with Crippen LogP contribution in [0, 0.1) is 5.41 Å². The molecule has 11 N–H and O–H groups in total. The lowest BCUT2D eigenvalue weighted by Gasteiger charge is -2.27. The summed E-state index contributed by atoms with van der Waals surface area (Å²) in [4.78, 5) is 0. The van der Waals surface area contributed by atoms with Crippen LogP contribution < -0.4 is 28.3 Å². The molecule has 0 aromatic heterocycles. The molecule has 0 aliphatic rings. The molecule has 0 unspecified atom stereocenters. The maximum absolute atomic E-state index is 12.8. The van der Waals surface area contributed by atoms with Crippen LogP contribution in [0.5, 0.6) is 0 Å². The molecule has 2 aromatic rings. The number of benzene rings is 2. The van der Waals surface area contributed by atoms with Crippen molar-refractivity contribution in [3.63, 3.8) is 0 Å². The molecule has 0 spiro atoms. The summed E-state index contributed by atoms with van der Waals surface area (Å²) in [6.07, 6.45) is -4.76. The van der Waals surface area contributed by atoms with E-state index in [2.05, 4.69) is 5.32 Å². The van der Waals surface area contributed by atoms with E-state index in [1.165, 1.54) is 24.3 Å². The summed E-state index contributed by atoms with van der Waals surface area (Å²) in [5, 5.41) is 18.2. The van der Waals surface area contributed by atoms with Crippen molar-refractivity contribution in [3.05, 3.63) is 59.7 Å². The molecule has 0 radical (unpaired) electrons. The zero-order valence-corrected chi connectivity index (χ0v) is 14.4. The Kier molecular flexibility index (Phi) is 7.73. The normalized spacial score (nSPS) is 11.4. The first-order chi connectivity index (χ1) is 12.5. The predicted octanol–water partition coefficient (Wildman–Crippen LogP) is 1.28. The van der Waals surface area contributed by atoms with Gasteiger partial charge < -0.3 is 33.4 Å². The molecule has 0 atom stereocenters. The van der Waals surface area contributed by atoms with Crippen LogP contribution in [0.1, 0.15) is 11.1 Å². The smallest absolute Gasteiger partial charge is 0.395 e. The van der Waals surface area contributed by atoms with Crippen molar-refractivity contribution in [2.75, 3.05) is 18.5 Å². The number of para-hydroxylation sites is 1. The molecule has 0 aliphatic heterocycles. The van der Waals surface area contributed by atoms with Gasteiger partial charge in [-0.2, -0.15) is 13.2 Å². The second-order valence-electron chi connectivity index (χ2n) is 5.54. The minimum absolute atomic E-state index is 0.0972. The number of nitrogens with two attached hydrogens (primary N) is 4. The third-order valence-electron chi connectivity index (χ3n) is 3.46. The second kappa shape index (κ2) is 9.33. The molecule has 2 aromatic carbocycles. The van der Waals surface area contributed by atoms with Gasteiger partial charge in [-0.1, -0.05) is 24.3 Å². The Labute approximate surface area is 154 Å². The van der Waals surface area contributed by atoms with Gasteiger partial charge in [-0.15, -0.1) is 0 Å². The Morgan fingerprint density at radius 1 is 1.04 bits per heavy atom. The van der Waals surface area contributed by atoms with Gasteiger partial charge in [0, 0.05) is 23.5 Å². The van der Waals surface area contributed by atoms with Crippen molar-refractivity contribution in [3.8, 4) is 0 Å². The first kappa shape index (κ1) is 22.4. The lowest BCUT2D eigenvalue weighted by Crippen LogP contribution is -2.57. The van der Waals surface area contributed by atoms with Gasteiger partial charge in [-0.05, 0) is 29.8 Å². The Hall–Kier alpha value is -2.66. The first-order valence-electron chi connectivity index (χ1n) is 7.81. The molecule has 0 saturated carbocycles. The lowest BCUT2D eigenvalue weighted by molar-refractivity contribution is -0.188. The van der Waals surface area contributed by atoms with Crippen molar-refractivity contribution in [1.82, 2.24) is 0 Å². The minimum atomic E-state index is -4.76. The van der Waals surface area contributed by atoms with Gasteiger partial charge in [-0.25, -0.2) is 0 Å². The maximum atomic E-state index is 12.8. The highest BCUT2D eigenvalue weighted by Gasteiger charge is 2.50. The van der Waals surface area contributed by atoms with Gasteiger partial charge in [0.05, 0.1) is 6.61 Å². The number of nitrogens with one attached hydrogen (secondary N) is 2. The average molecular weight is 384 g/mol. The summed E-state index contributed by atoms with van der Waals surface area (Å²) < 4.78 is 38.4. The van der Waals surface area contributed by atoms with Gasteiger partial charge in [0.25, 0.3) is 0 Å². The summed E-state index contributed by atoms with van der Waals surface area (Å²) in [6, 6.07) is 12.1. The molecule has 0 amide bonds. The summed E-state index contributed by atoms with van der Waals surface area (Å²) in [7, 11) is 0. The summed E-state index contributed by atoms with van der Waals surface area (Å²) >= 11 is 0. The van der Waals surface area contributed by atoms with E-state index >= 15 is 0 Å². The molecule has 27 heavy (non-hydrogen) atoms. The second-order valence-corrected chi connectivity index (χ2v) is 5.54. The van der Waals surface area contributed by atoms with Crippen LogP contribution in [-0.2, 0) is 5.66 Å². The Morgan fingerprint density at radius 2 is 1.56 bits per heavy atom. The van der Waals surface area contributed by atoms with Crippen LogP contribution in [0.4, 0.5) is 24.5 Å². The summed E-state index contributed by atoms with van der Waals surface area (Å²) in [5.41, 5.74) is 19.0. The fraction of sp³-hybridized carbons (Fsp3) is 0.235. The summed E-state index contributed by atoms with van der Waals surface area (Å²) in [6.45, 7) is 0.472. The van der Waals surface area contributed by atoms with Crippen LogP contribution in [-0.4, -0.2) is 30.3 Å². The number of amidine groups is 1. The molecular formula is C17H23F3N6O. The molecule has 2 rings (SSSR count). The maximum Gasteiger partial charge on any atom is 0.423 e. The van der Waals surface area contributed by atoms with Crippen LogP contribution in [0.15, 0.2) is 48.5 Å². The fourth-order valence-corrected chi connectivity index (χ4v) is 1.98. The standard InChI is InChI=1S/C15H16F3N5.C2H7NO/c16-15(17,18)14(21,22)9-5-7-10(8-6-9)23-12-4-2-1-3-11(12)13(19)20;3-1-2-4/h1-8,23H,21-22H2,(H3,19,20);4H,1-3H2. The quantitative estimate of drug-likeness (QED) is 0.233. The number of hydrogen-bond acceptors (Lipinski definition) is 6. The van der Waals surface area contributed by atoms with Gasteiger partial charge in [0.15, 0.2) is 5.66 Å². The van der Waals surface area contributed by atoms with E-state index in [0.717, 1.165) is 0 Å². The largest absolute Gasteiger partial charge is 0.423 e. The van der Waals surface area contributed by atoms with Crippen molar-refractivity contribution >= 4 is 17.2 Å². The molecule has 0 heterocycles. The zero-order chi connectivity index (χ0) is 20.7. The Bertz CT molecular complexity index is 745. The number of aliphatic hydroxyl groups excluding tert-OH is 1. The number of rotatable bonds is 5. The average Bonchev–Trinajstić information content (AvgIpc) is 2.61. The monoisotopic (exact) mass is 384 g/mol. The number of nitrogen functional groups attached to an aromatic ring is 1. The van der Waals surface area contributed by atoms with E-state index in [-0.39, 0.29) is 18.0 Å². The van der Waals surface area contributed by atoms with Crippen LogP contribution in [0.2, 0.25) is 0 Å². The van der Waals surface area contributed by atoms with E-state index in [4.69, 9.17) is 33.5 Å². The molecule has 10 heteroatoms. The van der Waals surface area contributed by atoms with Crippen molar-refractivity contribution < 1.29 is 18.3 Å². The highest BCUT2D eigenvalue weighted by molar-refractivity contribution is 6.00. The molecule has 0 aliphatic carbocycles.